The maximum atomic E-state index is 11.4. The SMILES string of the molecule is C[C@@H]1CN(C(=O)O)CCN1CC1CCN(c2ccc3c(-c4ccc(OCc5ccccc5)nc4OCc4ccccc4)nn(C)c3c2)CC1. The fourth-order valence-corrected chi connectivity index (χ4v) is 7.04. The highest BCUT2D eigenvalue weighted by Gasteiger charge is 2.30. The van der Waals surface area contributed by atoms with Gasteiger partial charge < -0.3 is 24.4 Å². The number of rotatable bonds is 10. The summed E-state index contributed by atoms with van der Waals surface area (Å²) in [5, 5.41) is 15.4. The van der Waals surface area contributed by atoms with Crippen LogP contribution in [0.5, 0.6) is 11.8 Å². The number of benzene rings is 3. The van der Waals surface area contributed by atoms with Gasteiger partial charge in [0, 0.05) is 69.5 Å². The number of anilines is 1. The fraction of sp³-hybridized carbons (Fsp3) is 0.359. The van der Waals surface area contributed by atoms with E-state index >= 15 is 0 Å². The standard InChI is InChI=1S/C39H44N6O4/c1-28-24-45(39(46)47)22-21-44(28)25-29-17-19-43(20-18-29)32-13-14-33-35(23-32)42(2)41-37(33)34-15-16-36(48-26-30-9-5-3-6-10-30)40-38(34)49-27-31-11-7-4-8-12-31/h3-16,23,28-29H,17-22,24-27H2,1-2H3,(H,46,47)/t28-/m1/s1. The molecule has 0 radical (unpaired) electrons. The third-order valence-electron chi connectivity index (χ3n) is 9.88. The minimum atomic E-state index is -0.812. The fourth-order valence-electron chi connectivity index (χ4n) is 7.04. The first-order valence-electron chi connectivity index (χ1n) is 17.2. The predicted molar refractivity (Wildman–Crippen MR) is 191 cm³/mol. The van der Waals surface area contributed by atoms with Gasteiger partial charge in [-0.3, -0.25) is 9.58 Å². The van der Waals surface area contributed by atoms with Gasteiger partial charge in [0.2, 0.25) is 11.8 Å². The quantitative estimate of drug-likeness (QED) is 0.177. The average Bonchev–Trinajstić information content (AvgIpc) is 3.46. The van der Waals surface area contributed by atoms with Crippen molar-refractivity contribution in [1.29, 1.82) is 0 Å². The number of carbonyl (C=O) groups is 1. The number of hydrogen-bond donors (Lipinski definition) is 1. The van der Waals surface area contributed by atoms with Crippen molar-refractivity contribution in [2.24, 2.45) is 13.0 Å². The second-order valence-corrected chi connectivity index (χ2v) is 13.2. The zero-order chi connectivity index (χ0) is 33.7. The Morgan fingerprint density at radius 2 is 1.55 bits per heavy atom. The molecule has 2 aliphatic heterocycles. The number of pyridine rings is 1. The molecule has 3 aromatic carbocycles. The number of piperazine rings is 1. The number of amides is 1. The Morgan fingerprint density at radius 1 is 0.857 bits per heavy atom. The van der Waals surface area contributed by atoms with Crippen molar-refractivity contribution < 1.29 is 19.4 Å². The molecule has 5 aromatic rings. The van der Waals surface area contributed by atoms with Crippen molar-refractivity contribution in [3.8, 4) is 23.0 Å². The van der Waals surface area contributed by atoms with Crippen molar-refractivity contribution in [3.63, 3.8) is 0 Å². The molecule has 10 nitrogen and oxygen atoms in total. The molecule has 2 fully saturated rings. The van der Waals surface area contributed by atoms with Crippen LogP contribution in [0.1, 0.15) is 30.9 Å². The molecule has 0 bridgehead atoms. The Balaban J connectivity index is 1.07. The van der Waals surface area contributed by atoms with E-state index < -0.39 is 6.09 Å². The summed E-state index contributed by atoms with van der Waals surface area (Å²) >= 11 is 0. The van der Waals surface area contributed by atoms with E-state index in [0.717, 1.165) is 72.3 Å². The molecule has 1 amide bonds. The van der Waals surface area contributed by atoms with E-state index in [1.165, 1.54) is 10.6 Å². The van der Waals surface area contributed by atoms with Crippen molar-refractivity contribution >= 4 is 22.7 Å². The Bertz CT molecular complexity index is 1870. The molecule has 2 saturated heterocycles. The summed E-state index contributed by atoms with van der Waals surface area (Å²) in [5.41, 5.74) is 6.03. The largest absolute Gasteiger partial charge is 0.473 e. The zero-order valence-corrected chi connectivity index (χ0v) is 28.2. The number of carboxylic acid groups (broad SMARTS) is 1. The van der Waals surface area contributed by atoms with Gasteiger partial charge in [0.15, 0.2) is 0 Å². The van der Waals surface area contributed by atoms with Crippen LogP contribution in [-0.2, 0) is 20.3 Å². The minimum Gasteiger partial charge on any atom is -0.473 e. The van der Waals surface area contributed by atoms with E-state index in [0.29, 0.717) is 44.0 Å². The highest BCUT2D eigenvalue weighted by molar-refractivity contribution is 5.96. The third kappa shape index (κ3) is 7.49. The number of aryl methyl sites for hydroxylation is 1. The highest BCUT2D eigenvalue weighted by Crippen LogP contribution is 2.37. The third-order valence-corrected chi connectivity index (χ3v) is 9.88. The second kappa shape index (κ2) is 14.6. The van der Waals surface area contributed by atoms with Gasteiger partial charge >= 0.3 is 6.09 Å². The summed E-state index contributed by atoms with van der Waals surface area (Å²) in [6, 6.07) is 30.9. The molecule has 0 spiro atoms. The van der Waals surface area contributed by atoms with Gasteiger partial charge in [-0.25, -0.2) is 4.79 Å². The monoisotopic (exact) mass is 660 g/mol. The molecule has 0 saturated carbocycles. The van der Waals surface area contributed by atoms with Crippen LogP contribution >= 0.6 is 0 Å². The van der Waals surface area contributed by atoms with Crippen LogP contribution in [0.25, 0.3) is 22.2 Å². The van der Waals surface area contributed by atoms with Crippen molar-refractivity contribution in [1.82, 2.24) is 24.6 Å². The van der Waals surface area contributed by atoms with Crippen LogP contribution < -0.4 is 14.4 Å². The molecular formula is C39H44N6O4. The van der Waals surface area contributed by atoms with Crippen LogP contribution in [-0.4, -0.2) is 81.1 Å². The first kappa shape index (κ1) is 32.5. The number of piperidine rings is 1. The van der Waals surface area contributed by atoms with Crippen LogP contribution in [0.2, 0.25) is 0 Å². The van der Waals surface area contributed by atoms with Gasteiger partial charge in [-0.2, -0.15) is 10.1 Å². The molecule has 2 aromatic heterocycles. The Morgan fingerprint density at radius 3 is 2.22 bits per heavy atom. The topological polar surface area (TPSA) is 96.2 Å². The van der Waals surface area contributed by atoms with E-state index in [2.05, 4.69) is 34.9 Å². The second-order valence-electron chi connectivity index (χ2n) is 13.2. The van der Waals surface area contributed by atoms with Crippen molar-refractivity contribution in [2.45, 2.75) is 39.0 Å². The van der Waals surface area contributed by atoms with E-state index in [-0.39, 0.29) is 6.04 Å². The number of aromatic nitrogens is 3. The van der Waals surface area contributed by atoms with Gasteiger partial charge in [0.05, 0.1) is 11.1 Å². The number of nitrogens with zero attached hydrogens (tertiary/aromatic N) is 6. The lowest BCUT2D eigenvalue weighted by atomic mass is 9.94. The van der Waals surface area contributed by atoms with Gasteiger partial charge in [-0.05, 0) is 61.1 Å². The summed E-state index contributed by atoms with van der Waals surface area (Å²) in [7, 11) is 1.99. The lowest BCUT2D eigenvalue weighted by Crippen LogP contribution is -2.54. The molecule has 0 unspecified atom stereocenters. The highest BCUT2D eigenvalue weighted by atomic mass is 16.5. The maximum Gasteiger partial charge on any atom is 0.407 e. The molecular weight excluding hydrogens is 616 g/mol. The molecule has 254 valence electrons. The van der Waals surface area contributed by atoms with Gasteiger partial charge in [-0.15, -0.1) is 0 Å². The van der Waals surface area contributed by atoms with Gasteiger partial charge in [0.25, 0.3) is 0 Å². The molecule has 2 aliphatic rings. The molecule has 4 heterocycles. The van der Waals surface area contributed by atoms with Crippen molar-refractivity contribution in [3.05, 3.63) is 102 Å². The summed E-state index contributed by atoms with van der Waals surface area (Å²) in [4.78, 5) is 22.7. The van der Waals surface area contributed by atoms with Crippen molar-refractivity contribution in [2.75, 3.05) is 44.2 Å². The van der Waals surface area contributed by atoms with E-state index in [1.54, 1.807) is 0 Å². The maximum absolute atomic E-state index is 11.4. The van der Waals surface area contributed by atoms with Gasteiger partial charge in [-0.1, -0.05) is 60.7 Å². The molecule has 7 rings (SSSR count). The molecule has 1 N–H and O–H groups in total. The van der Waals surface area contributed by atoms with Crippen LogP contribution in [0.4, 0.5) is 10.5 Å². The van der Waals surface area contributed by atoms with Crippen LogP contribution in [0, 0.1) is 5.92 Å². The first-order valence-corrected chi connectivity index (χ1v) is 17.2. The Kier molecular flexibility index (Phi) is 9.65. The predicted octanol–water partition coefficient (Wildman–Crippen LogP) is 6.69. The molecule has 49 heavy (non-hydrogen) atoms. The summed E-state index contributed by atoms with van der Waals surface area (Å²) in [6.07, 6.45) is 1.42. The van der Waals surface area contributed by atoms with E-state index in [4.69, 9.17) is 19.6 Å². The van der Waals surface area contributed by atoms with E-state index in [1.807, 2.05) is 84.5 Å². The van der Waals surface area contributed by atoms with E-state index in [9.17, 15) is 9.90 Å². The Hall–Kier alpha value is -5.09. The first-order chi connectivity index (χ1) is 23.9. The van der Waals surface area contributed by atoms with Crippen LogP contribution in [0.15, 0.2) is 91.0 Å². The number of hydrogen-bond acceptors (Lipinski definition) is 7. The zero-order valence-electron chi connectivity index (χ0n) is 28.2. The lowest BCUT2D eigenvalue weighted by molar-refractivity contribution is 0.0632. The smallest absolute Gasteiger partial charge is 0.407 e. The summed E-state index contributed by atoms with van der Waals surface area (Å²) in [5.74, 6) is 1.60. The molecule has 10 heteroatoms. The summed E-state index contributed by atoms with van der Waals surface area (Å²) in [6.45, 7) is 7.96. The normalized spacial score (nSPS) is 17.4. The summed E-state index contributed by atoms with van der Waals surface area (Å²) < 4.78 is 14.4. The lowest BCUT2D eigenvalue weighted by Gasteiger charge is -2.42. The van der Waals surface area contributed by atoms with Gasteiger partial charge in [0.1, 0.15) is 18.9 Å². The molecule has 1 atom stereocenters. The number of fused-ring (bicyclic) bond motifs is 1. The Labute approximate surface area is 287 Å². The average molecular weight is 661 g/mol. The van der Waals surface area contributed by atoms with Crippen LogP contribution in [0.3, 0.4) is 0 Å². The molecule has 0 aliphatic carbocycles. The minimum absolute atomic E-state index is 0.252. The number of ether oxygens (including phenoxy) is 2.